The van der Waals surface area contributed by atoms with Crippen molar-refractivity contribution in [2.75, 3.05) is 19.8 Å². The summed E-state index contributed by atoms with van der Waals surface area (Å²) in [6, 6.07) is 13.3. The minimum absolute atomic E-state index is 0.0171. The number of para-hydroxylation sites is 1. The van der Waals surface area contributed by atoms with Gasteiger partial charge in [-0.2, -0.15) is 4.98 Å². The maximum absolute atomic E-state index is 14.9. The summed E-state index contributed by atoms with van der Waals surface area (Å²) in [4.78, 5) is 68.1. The average Bonchev–Trinajstić information content (AvgIpc) is 4.17. The number of furan rings is 1. The molecule has 4 fully saturated rings. The number of aromatic nitrogens is 2. The minimum atomic E-state index is -3.93. The highest BCUT2D eigenvalue weighted by atomic mass is 32.2. The fourth-order valence-electron chi connectivity index (χ4n) is 9.02. The summed E-state index contributed by atoms with van der Waals surface area (Å²) in [6.45, 7) is 7.27. The first-order valence-electron chi connectivity index (χ1n) is 22.6. The number of hydrogen-bond donors (Lipinski definition) is 3. The Bertz CT molecular complexity index is 2580. The van der Waals surface area contributed by atoms with Crippen LogP contribution >= 0.6 is 0 Å². The van der Waals surface area contributed by atoms with Gasteiger partial charge < -0.3 is 34.2 Å². The highest BCUT2D eigenvalue weighted by Crippen LogP contribution is 2.46. The van der Waals surface area contributed by atoms with Crippen molar-refractivity contribution in [2.24, 2.45) is 5.92 Å². The third-order valence-corrected chi connectivity index (χ3v) is 14.9. The molecule has 0 spiro atoms. The molecule has 4 amide bonds. The lowest BCUT2D eigenvalue weighted by Crippen LogP contribution is -2.58. The number of allylic oxidation sites excluding steroid dienone is 1. The molecule has 340 valence electrons. The maximum atomic E-state index is 14.9. The lowest BCUT2D eigenvalue weighted by Gasteiger charge is -2.30. The van der Waals surface area contributed by atoms with E-state index in [-0.39, 0.29) is 36.8 Å². The lowest BCUT2D eigenvalue weighted by atomic mass is 9.87. The number of fused-ring (bicyclic) bond motifs is 5. The number of nitrogens with zero attached hydrogens (tertiary/aromatic N) is 3. The molecule has 2 saturated carbocycles. The summed E-state index contributed by atoms with van der Waals surface area (Å²) in [6.07, 6.45) is 7.18. The Kier molecular flexibility index (Phi) is 11.9. The van der Waals surface area contributed by atoms with E-state index < -0.39 is 68.7 Å². The van der Waals surface area contributed by atoms with Crippen LogP contribution in [-0.4, -0.2) is 102 Å². The summed E-state index contributed by atoms with van der Waals surface area (Å²) in [5.41, 5.74) is 1.68. The Balaban J connectivity index is 1.05. The number of ether oxygens (including phenoxy) is 3. The first-order chi connectivity index (χ1) is 30.7. The van der Waals surface area contributed by atoms with E-state index >= 15 is 0 Å². The third-order valence-electron chi connectivity index (χ3n) is 13.1. The van der Waals surface area contributed by atoms with Crippen molar-refractivity contribution in [1.82, 2.24) is 30.2 Å². The molecule has 64 heavy (non-hydrogen) atoms. The zero-order valence-electron chi connectivity index (χ0n) is 36.5. The normalized spacial score (nSPS) is 26.5. The van der Waals surface area contributed by atoms with Crippen LogP contribution in [-0.2, 0) is 39.3 Å². The van der Waals surface area contributed by atoms with Crippen molar-refractivity contribution in [1.29, 1.82) is 0 Å². The fourth-order valence-corrected chi connectivity index (χ4v) is 10.4. The van der Waals surface area contributed by atoms with Crippen molar-refractivity contribution < 1.29 is 46.2 Å². The first-order valence-corrected chi connectivity index (χ1v) is 24.1. The molecule has 2 saturated heterocycles. The fraction of sp³-hybridized carbons (Fsp3) is 0.532. The Morgan fingerprint density at radius 2 is 1.70 bits per heavy atom. The van der Waals surface area contributed by atoms with Gasteiger partial charge in [0.15, 0.2) is 5.82 Å². The van der Waals surface area contributed by atoms with Gasteiger partial charge in [0.1, 0.15) is 40.9 Å². The number of rotatable bonds is 8. The predicted molar refractivity (Wildman–Crippen MR) is 237 cm³/mol. The minimum Gasteiger partial charge on any atom is -0.470 e. The molecule has 4 aromatic rings. The quantitative estimate of drug-likeness (QED) is 0.175. The number of carbonyl (C=O) groups is 4. The number of alkyl carbamates (subject to hydrolysis) is 1. The zero-order valence-corrected chi connectivity index (χ0v) is 37.3. The molecule has 5 atom stereocenters. The van der Waals surface area contributed by atoms with E-state index in [0.29, 0.717) is 80.7 Å². The van der Waals surface area contributed by atoms with E-state index in [1.54, 1.807) is 0 Å². The first kappa shape index (κ1) is 43.7. The largest absolute Gasteiger partial charge is 0.470 e. The van der Waals surface area contributed by atoms with Crippen LogP contribution in [0.15, 0.2) is 65.1 Å². The second-order valence-electron chi connectivity index (χ2n) is 18.9. The van der Waals surface area contributed by atoms with Crippen LogP contribution in [0.2, 0.25) is 0 Å². The summed E-state index contributed by atoms with van der Waals surface area (Å²) >= 11 is 0. The van der Waals surface area contributed by atoms with E-state index in [0.717, 1.165) is 29.4 Å². The van der Waals surface area contributed by atoms with Gasteiger partial charge in [0, 0.05) is 36.1 Å². The Morgan fingerprint density at radius 1 is 0.938 bits per heavy atom. The molecule has 5 aliphatic rings. The summed E-state index contributed by atoms with van der Waals surface area (Å²) in [5.74, 6) is -1.90. The number of hydrogen-bond acceptors (Lipinski definition) is 12. The number of amides is 4. The second-order valence-corrected chi connectivity index (χ2v) is 20.8. The maximum Gasteiger partial charge on any atom is 0.408 e. The van der Waals surface area contributed by atoms with Gasteiger partial charge in [0.25, 0.3) is 11.8 Å². The highest BCUT2D eigenvalue weighted by molar-refractivity contribution is 7.91. The van der Waals surface area contributed by atoms with Gasteiger partial charge >= 0.3 is 6.09 Å². The van der Waals surface area contributed by atoms with Crippen molar-refractivity contribution in [3.8, 4) is 17.3 Å². The average molecular weight is 897 g/mol. The molecular weight excluding hydrogens is 841 g/mol. The van der Waals surface area contributed by atoms with E-state index in [4.69, 9.17) is 28.6 Å². The van der Waals surface area contributed by atoms with E-state index in [1.807, 2.05) is 60.7 Å². The number of sulfonamides is 1. The summed E-state index contributed by atoms with van der Waals surface area (Å²) < 4.78 is 52.4. The third kappa shape index (κ3) is 9.19. The van der Waals surface area contributed by atoms with E-state index in [1.165, 1.54) is 4.90 Å². The second kappa shape index (κ2) is 17.4. The number of benzene rings is 2. The Hall–Kier alpha value is -5.55. The summed E-state index contributed by atoms with van der Waals surface area (Å²) in [7, 11) is -3.93. The number of nitrogens with one attached hydrogen (secondary N) is 3. The topological polar surface area (TPSA) is 208 Å². The van der Waals surface area contributed by atoms with Gasteiger partial charge in [-0.05, 0) is 61.6 Å². The van der Waals surface area contributed by atoms with Gasteiger partial charge in [0.2, 0.25) is 27.4 Å². The van der Waals surface area contributed by atoms with Crippen molar-refractivity contribution in [3.05, 3.63) is 66.2 Å². The molecule has 2 aromatic heterocycles. The van der Waals surface area contributed by atoms with E-state index in [2.05, 4.69) is 36.1 Å². The molecule has 16 nitrogen and oxygen atoms in total. The molecule has 3 aliphatic heterocycles. The molecule has 0 unspecified atom stereocenters. The molecule has 3 N–H and O–H groups in total. The molecule has 17 heteroatoms. The molecule has 0 bridgehead atoms. The highest BCUT2D eigenvalue weighted by Gasteiger charge is 2.62. The van der Waals surface area contributed by atoms with Crippen LogP contribution in [0.25, 0.3) is 33.5 Å². The summed E-state index contributed by atoms with van der Waals surface area (Å²) in [5, 5.41) is 5.84. The lowest BCUT2D eigenvalue weighted by molar-refractivity contribution is -0.141. The molecule has 5 heterocycles. The van der Waals surface area contributed by atoms with Crippen LogP contribution in [0.4, 0.5) is 4.79 Å². The monoisotopic (exact) mass is 896 g/mol. The zero-order chi connectivity index (χ0) is 44.8. The van der Waals surface area contributed by atoms with Gasteiger partial charge in [-0.15, -0.1) is 0 Å². The molecule has 2 aliphatic carbocycles. The van der Waals surface area contributed by atoms with Gasteiger partial charge in [-0.3, -0.25) is 19.1 Å². The molecule has 2 aromatic carbocycles. The van der Waals surface area contributed by atoms with E-state index in [9.17, 15) is 27.6 Å². The van der Waals surface area contributed by atoms with Crippen LogP contribution in [0.1, 0.15) is 97.0 Å². The van der Waals surface area contributed by atoms with Crippen LogP contribution in [0.3, 0.4) is 0 Å². The van der Waals surface area contributed by atoms with Gasteiger partial charge in [-0.1, -0.05) is 82.2 Å². The Labute approximate surface area is 372 Å². The molecular formula is C47H56N6O10S. The molecule has 0 radical (unpaired) electrons. The van der Waals surface area contributed by atoms with Crippen LogP contribution < -0.4 is 20.1 Å². The van der Waals surface area contributed by atoms with Crippen molar-refractivity contribution in [3.63, 3.8) is 0 Å². The van der Waals surface area contributed by atoms with Gasteiger partial charge in [0.05, 0.1) is 25.0 Å². The van der Waals surface area contributed by atoms with Crippen LogP contribution in [0, 0.1) is 5.92 Å². The number of carbonyl (C=O) groups excluding carboxylic acids is 4. The predicted octanol–water partition coefficient (Wildman–Crippen LogP) is 5.97. The Morgan fingerprint density at radius 3 is 2.45 bits per heavy atom. The molecule has 9 rings (SSSR count). The van der Waals surface area contributed by atoms with Crippen LogP contribution in [0.5, 0.6) is 5.88 Å². The smallest absolute Gasteiger partial charge is 0.408 e. The van der Waals surface area contributed by atoms with Gasteiger partial charge in [-0.25, -0.2) is 18.2 Å². The van der Waals surface area contributed by atoms with Crippen molar-refractivity contribution in [2.45, 2.75) is 132 Å². The SMILES string of the molecule is CC(C)(C)c1ccc(-c2nc(O[C@@H]3C[C@H]4C(=O)N[C@]5(C(=O)NS(=O)(=O)C6CC6)C[C@H]5/C=C\CCCCC[C@H](NC(=O)OC5CCOCC5)C(=O)N4C3)c3oc4ccccc4c3n2)cc1. The van der Waals surface area contributed by atoms with Crippen molar-refractivity contribution >= 4 is 55.9 Å². The standard InChI is InChI=1S/C47H56N6O10S/c1-46(2,3)29-17-15-28(16-18-29)40-49-38-34-12-9-10-14-37(34)63-39(38)42(50-40)61-32-25-36-41(54)51-47(44(56)52-64(58,59)33-19-20-33)26-30(47)11-7-5-4-6-8-13-35(43(55)53(36)27-32)48-45(57)62-31-21-23-60-24-22-31/h7,9-12,14-18,30-33,35-36H,4-6,8,13,19-27H2,1-3H3,(H,48,57)(H,51,54)(H,52,56)/b11-7-/t30-,32-,35+,36+,47-/m1/s1.